The molecule has 0 saturated carbocycles. The van der Waals surface area contributed by atoms with Gasteiger partial charge < -0.3 is 5.73 Å². The Balaban J connectivity index is 2.17. The molecule has 0 amide bonds. The number of hydrogen-bond donors (Lipinski definition) is 1. The minimum Gasteiger partial charge on any atom is -0.400 e. The van der Waals surface area contributed by atoms with Crippen LogP contribution in [0.15, 0.2) is 47.2 Å². The van der Waals surface area contributed by atoms with Gasteiger partial charge in [-0.3, -0.25) is 0 Å². The van der Waals surface area contributed by atoms with Crippen LogP contribution < -0.4 is 5.73 Å². The van der Waals surface area contributed by atoms with Crippen molar-refractivity contribution in [3.63, 3.8) is 0 Å². The van der Waals surface area contributed by atoms with E-state index >= 15 is 0 Å². The molecule has 0 heterocycles. The van der Waals surface area contributed by atoms with Crippen molar-refractivity contribution in [2.24, 2.45) is 17.6 Å². The number of halogens is 1. The fraction of sp³-hybridized carbons (Fsp3) is 0.333. The van der Waals surface area contributed by atoms with Crippen LogP contribution in [0.4, 0.5) is 4.39 Å². The molecule has 0 bridgehead atoms. The lowest BCUT2D eigenvalue weighted by atomic mass is 9.63. The van der Waals surface area contributed by atoms with Crippen molar-refractivity contribution in [1.29, 1.82) is 10.5 Å². The minimum atomic E-state index is -0.541. The second kappa shape index (κ2) is 5.66. The number of hydrogen-bond acceptors (Lipinski definition) is 3. The summed E-state index contributed by atoms with van der Waals surface area (Å²) < 4.78 is 13.2. The van der Waals surface area contributed by atoms with Crippen LogP contribution in [0.5, 0.6) is 0 Å². The molecule has 110 valence electrons. The fourth-order valence-corrected chi connectivity index (χ4v) is 3.70. The van der Waals surface area contributed by atoms with E-state index in [1.807, 2.05) is 0 Å². The Morgan fingerprint density at radius 2 is 1.91 bits per heavy atom. The normalized spacial score (nSPS) is 27.4. The van der Waals surface area contributed by atoms with Gasteiger partial charge in [-0.2, -0.15) is 10.5 Å². The van der Waals surface area contributed by atoms with Gasteiger partial charge in [0.1, 0.15) is 11.9 Å². The van der Waals surface area contributed by atoms with E-state index in [1.54, 1.807) is 12.1 Å². The summed E-state index contributed by atoms with van der Waals surface area (Å²) in [6, 6.07) is 10.7. The predicted molar refractivity (Wildman–Crippen MR) is 80.5 cm³/mol. The Hall–Kier alpha value is -2.59. The molecule has 3 nitrogen and oxygen atoms in total. The highest BCUT2D eigenvalue weighted by Crippen LogP contribution is 2.49. The zero-order chi connectivity index (χ0) is 15.7. The summed E-state index contributed by atoms with van der Waals surface area (Å²) in [4.78, 5) is 0. The van der Waals surface area contributed by atoms with E-state index in [-0.39, 0.29) is 17.7 Å². The molecule has 4 heteroatoms. The number of benzene rings is 1. The molecule has 0 radical (unpaired) electrons. The quantitative estimate of drug-likeness (QED) is 0.860. The highest BCUT2D eigenvalue weighted by molar-refractivity contribution is 5.54. The average Bonchev–Trinajstić information content (AvgIpc) is 2.55. The van der Waals surface area contributed by atoms with Crippen LogP contribution in [0.3, 0.4) is 0 Å². The number of allylic oxidation sites excluding steroid dienone is 4. The van der Waals surface area contributed by atoms with Crippen molar-refractivity contribution in [2.45, 2.75) is 25.2 Å². The molecule has 0 aliphatic heterocycles. The lowest BCUT2D eigenvalue weighted by Gasteiger charge is -2.39. The van der Waals surface area contributed by atoms with Crippen molar-refractivity contribution >= 4 is 0 Å². The topological polar surface area (TPSA) is 73.6 Å². The highest BCUT2D eigenvalue weighted by Gasteiger charge is 2.42. The van der Waals surface area contributed by atoms with Gasteiger partial charge in [-0.15, -0.1) is 0 Å². The summed E-state index contributed by atoms with van der Waals surface area (Å²) in [7, 11) is 0. The van der Waals surface area contributed by atoms with Gasteiger partial charge in [0.15, 0.2) is 0 Å². The third-order valence-electron chi connectivity index (χ3n) is 4.69. The molecule has 0 spiro atoms. The molecule has 3 atom stereocenters. The van der Waals surface area contributed by atoms with Gasteiger partial charge in [0.2, 0.25) is 0 Å². The molecule has 22 heavy (non-hydrogen) atoms. The number of fused-ring (bicyclic) bond motifs is 1. The van der Waals surface area contributed by atoms with E-state index in [9.17, 15) is 14.9 Å². The molecule has 3 rings (SSSR count). The zero-order valence-electron chi connectivity index (χ0n) is 12.1. The van der Waals surface area contributed by atoms with Gasteiger partial charge in [0, 0.05) is 11.6 Å². The van der Waals surface area contributed by atoms with E-state index in [4.69, 9.17) is 5.73 Å². The number of rotatable bonds is 1. The van der Waals surface area contributed by atoms with Gasteiger partial charge in [0.05, 0.1) is 17.6 Å². The Morgan fingerprint density at radius 3 is 2.55 bits per heavy atom. The van der Waals surface area contributed by atoms with Crippen LogP contribution in [0.25, 0.3) is 0 Å². The first kappa shape index (κ1) is 14.4. The molecule has 0 saturated heterocycles. The van der Waals surface area contributed by atoms with Crippen LogP contribution in [-0.2, 0) is 0 Å². The van der Waals surface area contributed by atoms with E-state index in [0.29, 0.717) is 11.3 Å². The van der Waals surface area contributed by atoms with Crippen LogP contribution >= 0.6 is 0 Å². The summed E-state index contributed by atoms with van der Waals surface area (Å²) >= 11 is 0. The molecule has 0 aromatic heterocycles. The maximum Gasteiger partial charge on any atom is 0.123 e. The number of nitrogens with zero attached hydrogens (tertiary/aromatic N) is 2. The second-order valence-corrected chi connectivity index (χ2v) is 5.82. The monoisotopic (exact) mass is 293 g/mol. The Labute approximate surface area is 129 Å². The smallest absolute Gasteiger partial charge is 0.123 e. The van der Waals surface area contributed by atoms with Crippen LogP contribution in [0, 0.1) is 40.3 Å². The molecule has 0 unspecified atom stereocenters. The van der Waals surface area contributed by atoms with Crippen LogP contribution in [0.1, 0.15) is 30.7 Å². The predicted octanol–water partition coefficient (Wildman–Crippen LogP) is 3.53. The molecular formula is C18H16FN3. The van der Waals surface area contributed by atoms with Crippen molar-refractivity contribution in [1.82, 2.24) is 0 Å². The minimum absolute atomic E-state index is 0.103. The molecule has 1 aromatic rings. The third-order valence-corrected chi connectivity index (χ3v) is 4.69. The molecule has 0 fully saturated rings. The van der Waals surface area contributed by atoms with E-state index in [0.717, 1.165) is 30.4 Å². The Morgan fingerprint density at radius 1 is 1.18 bits per heavy atom. The summed E-state index contributed by atoms with van der Waals surface area (Å²) in [5, 5.41) is 19.0. The highest BCUT2D eigenvalue weighted by atomic mass is 19.1. The summed E-state index contributed by atoms with van der Waals surface area (Å²) in [6.07, 6.45) is 4.95. The standard InChI is InChI=1S/C18H16FN3/c19-12-7-5-11(6-8-12)17-14-4-2-1-3-13(14)15(9-20)18(22)16(17)10-21/h3,5-8,14,16-17H,1-2,4,22H2/t14-,16+,17-/m0/s1. The lowest BCUT2D eigenvalue weighted by molar-refractivity contribution is 0.368. The molecular weight excluding hydrogens is 277 g/mol. The van der Waals surface area contributed by atoms with Gasteiger partial charge in [0.25, 0.3) is 0 Å². The largest absolute Gasteiger partial charge is 0.400 e. The van der Waals surface area contributed by atoms with Gasteiger partial charge in [-0.05, 0) is 48.4 Å². The Bertz CT molecular complexity index is 731. The lowest BCUT2D eigenvalue weighted by Crippen LogP contribution is -2.34. The van der Waals surface area contributed by atoms with Crippen molar-refractivity contribution in [2.75, 3.05) is 0 Å². The number of nitriles is 2. The van der Waals surface area contributed by atoms with Crippen LogP contribution in [-0.4, -0.2) is 0 Å². The summed E-state index contributed by atoms with van der Waals surface area (Å²) in [6.45, 7) is 0. The van der Waals surface area contributed by atoms with Crippen LogP contribution in [0.2, 0.25) is 0 Å². The Kier molecular flexibility index (Phi) is 3.69. The van der Waals surface area contributed by atoms with Crippen molar-refractivity contribution in [3.8, 4) is 12.1 Å². The maximum atomic E-state index is 13.2. The molecule has 1 aromatic carbocycles. The first-order valence-corrected chi connectivity index (χ1v) is 7.42. The zero-order valence-corrected chi connectivity index (χ0v) is 12.1. The molecule has 2 aliphatic carbocycles. The third kappa shape index (κ3) is 2.18. The summed E-state index contributed by atoms with van der Waals surface area (Å²) in [5.41, 5.74) is 8.82. The summed E-state index contributed by atoms with van der Waals surface area (Å²) in [5.74, 6) is -0.853. The first-order valence-electron chi connectivity index (χ1n) is 7.42. The second-order valence-electron chi connectivity index (χ2n) is 5.82. The maximum absolute atomic E-state index is 13.2. The molecule has 2 aliphatic rings. The van der Waals surface area contributed by atoms with Gasteiger partial charge in [-0.1, -0.05) is 18.2 Å². The van der Waals surface area contributed by atoms with E-state index < -0.39 is 5.92 Å². The van der Waals surface area contributed by atoms with Gasteiger partial charge >= 0.3 is 0 Å². The first-order chi connectivity index (χ1) is 10.7. The van der Waals surface area contributed by atoms with E-state index in [2.05, 4.69) is 18.2 Å². The van der Waals surface area contributed by atoms with Gasteiger partial charge in [-0.25, -0.2) is 4.39 Å². The van der Waals surface area contributed by atoms with E-state index in [1.165, 1.54) is 12.1 Å². The SMILES string of the molecule is N#CC1=C(N)[C@H](C#N)[C@@H](c2ccc(F)cc2)[C@H]2CCCC=C12. The van der Waals surface area contributed by atoms with Crippen molar-refractivity contribution in [3.05, 3.63) is 58.6 Å². The molecule has 2 N–H and O–H groups in total. The van der Waals surface area contributed by atoms with Crippen molar-refractivity contribution < 1.29 is 4.39 Å². The number of nitrogens with two attached hydrogens (primary N) is 1. The average molecular weight is 293 g/mol. The fourth-order valence-electron chi connectivity index (χ4n) is 3.70.